The molecule has 0 fully saturated rings. The molecule has 3 rings (SSSR count). The molecule has 0 aliphatic carbocycles. The first kappa shape index (κ1) is 11.2. The van der Waals surface area contributed by atoms with Crippen molar-refractivity contribution in [2.75, 3.05) is 5.73 Å². The van der Waals surface area contributed by atoms with Crippen LogP contribution < -0.4 is 5.73 Å². The smallest absolute Gasteiger partial charge is 0.234 e. The Bertz CT molecular complexity index is 740. The number of nitrogen functional groups attached to an aromatic ring is 1. The van der Waals surface area contributed by atoms with Crippen molar-refractivity contribution >= 4 is 22.0 Å². The normalized spacial score (nSPS) is 11.3. The molecule has 0 atom stereocenters. The van der Waals surface area contributed by atoms with Crippen LogP contribution in [0.15, 0.2) is 12.1 Å². The van der Waals surface area contributed by atoms with Crippen molar-refractivity contribution in [2.24, 2.45) is 0 Å². The number of aryl methyl sites for hydroxylation is 2. The molecule has 2 heterocycles. The topological polar surface area (TPSA) is 69.1 Å². The fourth-order valence-corrected chi connectivity index (χ4v) is 2.89. The van der Waals surface area contributed by atoms with Crippen LogP contribution in [0.2, 0.25) is 0 Å². The van der Waals surface area contributed by atoms with Crippen LogP contribution in [0.3, 0.4) is 0 Å². The molecule has 0 amide bonds. The van der Waals surface area contributed by atoms with Gasteiger partial charge in [-0.15, -0.1) is 10.2 Å². The minimum absolute atomic E-state index is 0.760. The zero-order chi connectivity index (χ0) is 12.9. The molecular weight excluding hydrogens is 246 g/mol. The molecule has 2 aromatic heterocycles. The second-order valence-electron chi connectivity index (χ2n) is 4.36. The minimum atomic E-state index is 0.760. The summed E-state index contributed by atoms with van der Waals surface area (Å²) >= 11 is 1.53. The number of rotatable bonds is 1. The minimum Gasteiger partial charge on any atom is -0.399 e. The van der Waals surface area contributed by atoms with E-state index in [0.717, 1.165) is 27.0 Å². The summed E-state index contributed by atoms with van der Waals surface area (Å²) in [6.07, 6.45) is 0. The van der Waals surface area contributed by atoms with E-state index in [4.69, 9.17) is 5.73 Å². The molecule has 0 radical (unpaired) electrons. The molecule has 0 aliphatic heterocycles. The highest BCUT2D eigenvalue weighted by atomic mass is 32.1. The number of benzene rings is 1. The standard InChI is InChI=1S/C12H13N5S/c1-6-4-9(13)5-10(7(6)2)11-16-17-8(3)14-15-12(17)18-11/h4-5H,13H2,1-3H3. The first-order chi connectivity index (χ1) is 8.56. The molecule has 18 heavy (non-hydrogen) atoms. The SMILES string of the molecule is Cc1cc(N)cc(-c2nn3c(C)nnc3s2)c1C. The van der Waals surface area contributed by atoms with Crippen LogP contribution in [-0.2, 0) is 0 Å². The van der Waals surface area contributed by atoms with Gasteiger partial charge in [-0.3, -0.25) is 0 Å². The predicted octanol–water partition coefficient (Wildman–Crippen LogP) is 2.36. The van der Waals surface area contributed by atoms with Crippen molar-refractivity contribution in [3.8, 4) is 10.6 Å². The number of hydrogen-bond acceptors (Lipinski definition) is 5. The molecule has 6 heteroatoms. The summed E-state index contributed by atoms with van der Waals surface area (Å²) in [6.45, 7) is 6.03. The fraction of sp³-hybridized carbons (Fsp3) is 0.250. The molecule has 0 aliphatic rings. The number of nitrogens with two attached hydrogens (primary N) is 1. The van der Waals surface area contributed by atoms with Crippen LogP contribution in [0.5, 0.6) is 0 Å². The van der Waals surface area contributed by atoms with Crippen LogP contribution in [0.25, 0.3) is 15.5 Å². The van der Waals surface area contributed by atoms with Crippen LogP contribution in [0, 0.1) is 20.8 Å². The van der Waals surface area contributed by atoms with Crippen LogP contribution in [-0.4, -0.2) is 19.8 Å². The van der Waals surface area contributed by atoms with Gasteiger partial charge in [-0.2, -0.15) is 9.61 Å². The Kier molecular flexibility index (Phi) is 2.34. The largest absolute Gasteiger partial charge is 0.399 e. The number of fused-ring (bicyclic) bond motifs is 1. The Hall–Kier alpha value is -1.95. The summed E-state index contributed by atoms with van der Waals surface area (Å²) in [5.74, 6) is 0.797. The second kappa shape index (κ2) is 3.78. The van der Waals surface area contributed by atoms with Crippen LogP contribution >= 0.6 is 11.3 Å². The molecule has 0 saturated carbocycles. The monoisotopic (exact) mass is 259 g/mol. The third-order valence-corrected chi connectivity index (χ3v) is 4.00. The zero-order valence-corrected chi connectivity index (χ0v) is 11.2. The van der Waals surface area contributed by atoms with E-state index in [0.29, 0.717) is 0 Å². The van der Waals surface area contributed by atoms with Crippen LogP contribution in [0.4, 0.5) is 5.69 Å². The molecule has 3 aromatic rings. The van der Waals surface area contributed by atoms with Gasteiger partial charge in [0, 0.05) is 11.3 Å². The molecule has 92 valence electrons. The third kappa shape index (κ3) is 1.57. The summed E-state index contributed by atoms with van der Waals surface area (Å²) < 4.78 is 1.76. The molecule has 2 N–H and O–H groups in total. The molecule has 1 aromatic carbocycles. The van der Waals surface area contributed by atoms with Gasteiger partial charge in [-0.1, -0.05) is 11.3 Å². The van der Waals surface area contributed by atoms with Gasteiger partial charge in [0.1, 0.15) is 5.01 Å². The van der Waals surface area contributed by atoms with E-state index in [9.17, 15) is 0 Å². The molecule has 0 saturated heterocycles. The van der Waals surface area contributed by atoms with E-state index in [1.54, 1.807) is 4.52 Å². The van der Waals surface area contributed by atoms with Gasteiger partial charge in [-0.25, -0.2) is 0 Å². The Morgan fingerprint density at radius 3 is 2.67 bits per heavy atom. The van der Waals surface area contributed by atoms with E-state index in [1.807, 2.05) is 19.1 Å². The second-order valence-corrected chi connectivity index (χ2v) is 5.32. The van der Waals surface area contributed by atoms with Gasteiger partial charge >= 0.3 is 0 Å². The summed E-state index contributed by atoms with van der Waals surface area (Å²) in [7, 11) is 0. The molecular formula is C12H13N5S. The summed E-state index contributed by atoms with van der Waals surface area (Å²) in [5.41, 5.74) is 10.1. The van der Waals surface area contributed by atoms with E-state index in [1.165, 1.54) is 22.5 Å². The first-order valence-electron chi connectivity index (χ1n) is 5.62. The maximum Gasteiger partial charge on any atom is 0.234 e. The lowest BCUT2D eigenvalue weighted by Gasteiger charge is -2.07. The maximum atomic E-state index is 5.91. The summed E-state index contributed by atoms with van der Waals surface area (Å²) in [5, 5.41) is 13.5. The zero-order valence-electron chi connectivity index (χ0n) is 10.4. The highest BCUT2D eigenvalue weighted by Gasteiger charge is 2.13. The van der Waals surface area contributed by atoms with E-state index < -0.39 is 0 Å². The third-order valence-electron chi connectivity index (χ3n) is 3.07. The molecule has 0 spiro atoms. The average molecular weight is 259 g/mol. The Morgan fingerprint density at radius 2 is 1.94 bits per heavy atom. The molecule has 5 nitrogen and oxygen atoms in total. The highest BCUT2D eigenvalue weighted by Crippen LogP contribution is 2.31. The lowest BCUT2D eigenvalue weighted by molar-refractivity contribution is 0.897. The molecule has 0 bridgehead atoms. The highest BCUT2D eigenvalue weighted by molar-refractivity contribution is 7.19. The molecule has 0 unspecified atom stereocenters. The van der Waals surface area contributed by atoms with E-state index >= 15 is 0 Å². The van der Waals surface area contributed by atoms with Gasteiger partial charge in [0.05, 0.1) is 0 Å². The fourth-order valence-electron chi connectivity index (χ4n) is 1.93. The number of nitrogens with zero attached hydrogens (tertiary/aromatic N) is 4. The Morgan fingerprint density at radius 1 is 1.17 bits per heavy atom. The van der Waals surface area contributed by atoms with Crippen molar-refractivity contribution in [1.29, 1.82) is 0 Å². The van der Waals surface area contributed by atoms with Crippen molar-refractivity contribution in [3.05, 3.63) is 29.1 Å². The predicted molar refractivity (Wildman–Crippen MR) is 72.7 cm³/mol. The number of anilines is 1. The van der Waals surface area contributed by atoms with Gasteiger partial charge in [0.25, 0.3) is 0 Å². The summed E-state index contributed by atoms with van der Waals surface area (Å²) in [6, 6.07) is 3.94. The average Bonchev–Trinajstić information content (AvgIpc) is 2.86. The summed E-state index contributed by atoms with van der Waals surface area (Å²) in [4.78, 5) is 0.807. The van der Waals surface area contributed by atoms with Gasteiger partial charge in [0.15, 0.2) is 5.82 Å². The van der Waals surface area contributed by atoms with E-state index in [2.05, 4.69) is 29.1 Å². The van der Waals surface area contributed by atoms with E-state index in [-0.39, 0.29) is 0 Å². The first-order valence-corrected chi connectivity index (χ1v) is 6.44. The van der Waals surface area contributed by atoms with Crippen molar-refractivity contribution in [3.63, 3.8) is 0 Å². The van der Waals surface area contributed by atoms with Crippen molar-refractivity contribution in [1.82, 2.24) is 19.8 Å². The maximum absolute atomic E-state index is 5.91. The number of aromatic nitrogens is 4. The van der Waals surface area contributed by atoms with Gasteiger partial charge < -0.3 is 5.73 Å². The lowest BCUT2D eigenvalue weighted by Crippen LogP contribution is -1.94. The quantitative estimate of drug-likeness (QED) is 0.681. The number of hydrogen-bond donors (Lipinski definition) is 1. The Labute approximate surface area is 108 Å². The lowest BCUT2D eigenvalue weighted by atomic mass is 10.0. The van der Waals surface area contributed by atoms with Crippen molar-refractivity contribution < 1.29 is 0 Å². The van der Waals surface area contributed by atoms with Gasteiger partial charge in [-0.05, 0) is 44.0 Å². The Balaban J connectivity index is 2.25. The van der Waals surface area contributed by atoms with Crippen LogP contribution in [0.1, 0.15) is 17.0 Å². The van der Waals surface area contributed by atoms with Crippen molar-refractivity contribution in [2.45, 2.75) is 20.8 Å². The van der Waals surface area contributed by atoms with Gasteiger partial charge in [0.2, 0.25) is 4.96 Å².